The summed E-state index contributed by atoms with van der Waals surface area (Å²) in [5.74, 6) is 1.38. The van der Waals surface area contributed by atoms with Crippen molar-refractivity contribution < 1.29 is 9.26 Å². The van der Waals surface area contributed by atoms with E-state index in [4.69, 9.17) is 14.2 Å². The highest BCUT2D eigenvalue weighted by molar-refractivity contribution is 7.98. The Morgan fingerprint density at radius 3 is 3.00 bits per heavy atom. The fourth-order valence-electron chi connectivity index (χ4n) is 3.04. The molecule has 0 saturated carbocycles. The molecule has 25 heavy (non-hydrogen) atoms. The highest BCUT2D eigenvalue weighted by Crippen LogP contribution is 2.23. The van der Waals surface area contributed by atoms with Gasteiger partial charge in [-0.05, 0) is 31.9 Å². The van der Waals surface area contributed by atoms with E-state index in [-0.39, 0.29) is 11.7 Å². The van der Waals surface area contributed by atoms with E-state index < -0.39 is 0 Å². The quantitative estimate of drug-likeness (QED) is 0.516. The summed E-state index contributed by atoms with van der Waals surface area (Å²) in [5.41, 5.74) is 1.54. The molecule has 1 aliphatic rings. The third-order valence-corrected chi connectivity index (χ3v) is 5.27. The zero-order valence-electron chi connectivity index (χ0n) is 14.0. The first-order valence-electron chi connectivity index (χ1n) is 8.37. The van der Waals surface area contributed by atoms with Gasteiger partial charge in [0, 0.05) is 18.4 Å². The largest absolute Gasteiger partial charge is 0.376 e. The van der Waals surface area contributed by atoms with Gasteiger partial charge in [-0.25, -0.2) is 4.98 Å². The molecule has 0 radical (unpaired) electrons. The molecule has 0 aliphatic carbocycles. The van der Waals surface area contributed by atoms with E-state index in [1.54, 1.807) is 4.57 Å². The van der Waals surface area contributed by atoms with Gasteiger partial charge < -0.3 is 9.26 Å². The van der Waals surface area contributed by atoms with Crippen molar-refractivity contribution in [2.75, 3.05) is 6.61 Å². The van der Waals surface area contributed by atoms with Gasteiger partial charge in [-0.3, -0.25) is 9.36 Å². The van der Waals surface area contributed by atoms with E-state index in [2.05, 4.69) is 5.16 Å². The molecule has 1 atom stereocenters. The van der Waals surface area contributed by atoms with E-state index in [0.717, 1.165) is 36.4 Å². The standard InChI is InChI=1S/C18H19N3O3S/c1-12-9-13(20-24-12)11-25-18-19-16-7-3-2-6-15(16)17(22)21(18)10-14-5-4-8-23-14/h2-3,6-7,9,14H,4-5,8,10-11H2,1H3/t14-/m1/s1. The highest BCUT2D eigenvalue weighted by Gasteiger charge is 2.20. The summed E-state index contributed by atoms with van der Waals surface area (Å²) >= 11 is 1.50. The Kier molecular flexibility index (Phi) is 4.59. The molecule has 0 spiro atoms. The monoisotopic (exact) mass is 357 g/mol. The van der Waals surface area contributed by atoms with Crippen LogP contribution in [0.25, 0.3) is 10.9 Å². The Hall–Kier alpha value is -2.12. The fraction of sp³-hybridized carbons (Fsp3) is 0.389. The maximum absolute atomic E-state index is 13.0. The van der Waals surface area contributed by atoms with Crippen LogP contribution in [0.3, 0.4) is 0 Å². The number of fused-ring (bicyclic) bond motifs is 1. The summed E-state index contributed by atoms with van der Waals surface area (Å²) < 4.78 is 12.6. The van der Waals surface area contributed by atoms with E-state index in [9.17, 15) is 4.79 Å². The van der Waals surface area contributed by atoms with Crippen LogP contribution in [0.4, 0.5) is 0 Å². The van der Waals surface area contributed by atoms with Crippen LogP contribution in [-0.2, 0) is 17.0 Å². The summed E-state index contributed by atoms with van der Waals surface area (Å²) in [4.78, 5) is 17.7. The van der Waals surface area contributed by atoms with Gasteiger partial charge in [0.1, 0.15) is 5.76 Å². The van der Waals surface area contributed by atoms with Crippen LogP contribution in [0.15, 0.2) is 44.8 Å². The SMILES string of the molecule is Cc1cc(CSc2nc3ccccc3c(=O)n2C[C@H]2CCCO2)no1. The van der Waals surface area contributed by atoms with Gasteiger partial charge in [0.15, 0.2) is 5.16 Å². The van der Waals surface area contributed by atoms with Gasteiger partial charge in [0.05, 0.1) is 29.2 Å². The molecule has 0 bridgehead atoms. The molecule has 0 amide bonds. The molecule has 3 heterocycles. The number of hydrogen-bond donors (Lipinski definition) is 0. The minimum absolute atomic E-state index is 0.0140. The van der Waals surface area contributed by atoms with E-state index >= 15 is 0 Å². The van der Waals surface area contributed by atoms with Crippen molar-refractivity contribution in [1.82, 2.24) is 14.7 Å². The molecule has 7 heteroatoms. The summed E-state index contributed by atoms with van der Waals surface area (Å²) in [6, 6.07) is 9.36. The number of ether oxygens (including phenoxy) is 1. The van der Waals surface area contributed by atoms with Gasteiger partial charge in [-0.15, -0.1) is 0 Å². The highest BCUT2D eigenvalue weighted by atomic mass is 32.2. The molecule has 2 aromatic heterocycles. The number of aryl methyl sites for hydroxylation is 1. The van der Waals surface area contributed by atoms with Crippen molar-refractivity contribution >= 4 is 22.7 Å². The second-order valence-corrected chi connectivity index (χ2v) is 7.12. The molecule has 1 aromatic carbocycles. The maximum atomic E-state index is 13.0. The van der Waals surface area contributed by atoms with Crippen LogP contribution in [0.1, 0.15) is 24.3 Å². The number of para-hydroxylation sites is 1. The Bertz CT molecular complexity index is 944. The van der Waals surface area contributed by atoms with Crippen molar-refractivity contribution in [1.29, 1.82) is 0 Å². The second kappa shape index (κ2) is 7.01. The third-order valence-electron chi connectivity index (χ3n) is 4.26. The second-order valence-electron chi connectivity index (χ2n) is 6.18. The molecule has 4 rings (SSSR count). The van der Waals surface area contributed by atoms with Crippen molar-refractivity contribution in [3.05, 3.63) is 52.1 Å². The molecule has 3 aromatic rings. The minimum Gasteiger partial charge on any atom is -0.376 e. The van der Waals surface area contributed by atoms with Crippen LogP contribution in [0.5, 0.6) is 0 Å². The first-order chi connectivity index (χ1) is 12.2. The lowest BCUT2D eigenvalue weighted by Crippen LogP contribution is -2.28. The molecule has 1 aliphatic heterocycles. The van der Waals surface area contributed by atoms with Crippen molar-refractivity contribution in [3.8, 4) is 0 Å². The normalized spacial score (nSPS) is 17.4. The molecular formula is C18H19N3O3S. The summed E-state index contributed by atoms with van der Waals surface area (Å²) in [6.07, 6.45) is 2.10. The Morgan fingerprint density at radius 2 is 2.24 bits per heavy atom. The molecule has 6 nitrogen and oxygen atoms in total. The lowest BCUT2D eigenvalue weighted by molar-refractivity contribution is 0.0937. The lowest BCUT2D eigenvalue weighted by Gasteiger charge is -2.16. The Morgan fingerprint density at radius 1 is 1.36 bits per heavy atom. The predicted octanol–water partition coefficient (Wildman–Crippen LogP) is 3.16. The molecule has 1 saturated heterocycles. The van der Waals surface area contributed by atoms with Crippen molar-refractivity contribution in [2.45, 2.75) is 43.3 Å². The van der Waals surface area contributed by atoms with E-state index in [0.29, 0.717) is 22.8 Å². The smallest absolute Gasteiger partial charge is 0.262 e. The first kappa shape index (κ1) is 16.4. The van der Waals surface area contributed by atoms with Gasteiger partial charge >= 0.3 is 0 Å². The number of nitrogens with zero attached hydrogens (tertiary/aromatic N) is 3. The molecule has 0 N–H and O–H groups in total. The number of benzene rings is 1. The molecule has 130 valence electrons. The van der Waals surface area contributed by atoms with Gasteiger partial charge in [0.2, 0.25) is 0 Å². The Balaban J connectivity index is 1.70. The topological polar surface area (TPSA) is 70.2 Å². The zero-order chi connectivity index (χ0) is 17.2. The molecule has 0 unspecified atom stereocenters. The zero-order valence-corrected chi connectivity index (χ0v) is 14.8. The average molecular weight is 357 g/mol. The van der Waals surface area contributed by atoms with Crippen LogP contribution in [0, 0.1) is 6.92 Å². The number of rotatable bonds is 5. The van der Waals surface area contributed by atoms with Crippen LogP contribution in [0.2, 0.25) is 0 Å². The van der Waals surface area contributed by atoms with Crippen LogP contribution < -0.4 is 5.56 Å². The number of thioether (sulfide) groups is 1. The van der Waals surface area contributed by atoms with E-state index in [1.165, 1.54) is 11.8 Å². The maximum Gasteiger partial charge on any atom is 0.262 e. The van der Waals surface area contributed by atoms with Crippen molar-refractivity contribution in [2.24, 2.45) is 0 Å². The Labute approximate surface area is 149 Å². The summed E-state index contributed by atoms with van der Waals surface area (Å²) in [6.45, 7) is 3.17. The van der Waals surface area contributed by atoms with Crippen LogP contribution in [-0.4, -0.2) is 27.4 Å². The minimum atomic E-state index is -0.0140. The lowest BCUT2D eigenvalue weighted by atomic mass is 10.2. The molecule has 1 fully saturated rings. The third kappa shape index (κ3) is 3.48. The van der Waals surface area contributed by atoms with Gasteiger partial charge in [-0.2, -0.15) is 0 Å². The average Bonchev–Trinajstić information content (AvgIpc) is 3.27. The van der Waals surface area contributed by atoms with E-state index in [1.807, 2.05) is 37.3 Å². The van der Waals surface area contributed by atoms with Gasteiger partial charge in [0.25, 0.3) is 5.56 Å². The first-order valence-corrected chi connectivity index (χ1v) is 9.35. The fourth-order valence-corrected chi connectivity index (χ4v) is 3.92. The predicted molar refractivity (Wildman–Crippen MR) is 95.8 cm³/mol. The van der Waals surface area contributed by atoms with Gasteiger partial charge in [-0.1, -0.05) is 29.1 Å². The number of hydrogen-bond acceptors (Lipinski definition) is 6. The summed E-state index contributed by atoms with van der Waals surface area (Å²) in [5, 5.41) is 5.35. The van der Waals surface area contributed by atoms with Crippen molar-refractivity contribution in [3.63, 3.8) is 0 Å². The van der Waals surface area contributed by atoms with Crippen LogP contribution >= 0.6 is 11.8 Å². The number of aromatic nitrogens is 3. The molecular weight excluding hydrogens is 338 g/mol. The summed E-state index contributed by atoms with van der Waals surface area (Å²) in [7, 11) is 0.